The van der Waals surface area contributed by atoms with Crippen LogP contribution in [0.25, 0.3) is 0 Å². The number of hydrogen-bond donors (Lipinski definition) is 7. The number of fused-ring (bicyclic) bond motifs is 1. The van der Waals surface area contributed by atoms with E-state index in [9.17, 15) is 39.6 Å². The number of benzene rings is 1. The summed E-state index contributed by atoms with van der Waals surface area (Å²) in [5.74, 6) is -5.34. The van der Waals surface area contributed by atoms with Crippen LogP contribution in [-0.4, -0.2) is 76.9 Å². The molecule has 2 aromatic heterocycles. The number of nitrogen functional groups attached to an aromatic ring is 2. The third-order valence-corrected chi connectivity index (χ3v) is 8.77. The normalized spacial score (nSPS) is 18.6. The summed E-state index contributed by atoms with van der Waals surface area (Å²) in [6.45, 7) is 0.430. The van der Waals surface area contributed by atoms with Gasteiger partial charge in [-0.2, -0.15) is 0 Å². The van der Waals surface area contributed by atoms with Crippen molar-refractivity contribution in [3.05, 3.63) is 82.8 Å². The van der Waals surface area contributed by atoms with Gasteiger partial charge in [0.05, 0.1) is 0 Å². The zero-order valence-electron chi connectivity index (χ0n) is 23.5. The largest absolute Gasteiger partial charge is 0.504 e. The minimum absolute atomic E-state index is 0.0640. The van der Waals surface area contributed by atoms with Crippen molar-refractivity contribution in [1.82, 2.24) is 15.2 Å². The molecular weight excluding hydrogens is 642 g/mol. The number of aromatic hydroxyl groups is 2. The Morgan fingerprint density at radius 2 is 1.91 bits per heavy atom. The number of oxime groups is 1. The number of carboxylic acids is 2. The molecule has 18 heteroatoms. The molecule has 3 aromatic rings. The molecule has 0 radical (unpaired) electrons. The van der Waals surface area contributed by atoms with E-state index in [0.717, 1.165) is 28.4 Å². The smallest absolute Gasteiger partial charge is 0.352 e. The molecule has 0 aliphatic carbocycles. The Morgan fingerprint density at radius 3 is 2.54 bits per heavy atom. The number of thiazole rings is 1. The number of amides is 2. The first-order chi connectivity index (χ1) is 21.9. The maximum atomic E-state index is 13.4. The third kappa shape index (κ3) is 6.57. The van der Waals surface area contributed by atoms with Crippen molar-refractivity contribution in [2.75, 3.05) is 17.2 Å². The Labute approximate surface area is 267 Å². The van der Waals surface area contributed by atoms with Crippen LogP contribution in [0.3, 0.4) is 0 Å². The number of nitrogens with one attached hydrogen (secondary N) is 1. The molecule has 238 valence electrons. The van der Waals surface area contributed by atoms with Crippen molar-refractivity contribution in [2.45, 2.75) is 24.1 Å². The summed E-state index contributed by atoms with van der Waals surface area (Å²) in [6, 6.07) is 5.49. The van der Waals surface area contributed by atoms with E-state index in [1.807, 2.05) is 4.57 Å². The molecule has 0 saturated carbocycles. The average molecular weight is 669 g/mol. The van der Waals surface area contributed by atoms with E-state index >= 15 is 0 Å². The summed E-state index contributed by atoms with van der Waals surface area (Å²) in [5, 5.41) is 45.9. The number of aliphatic carboxylic acids is 2. The lowest BCUT2D eigenvalue weighted by molar-refractivity contribution is -0.686. The van der Waals surface area contributed by atoms with Gasteiger partial charge in [-0.15, -0.1) is 23.1 Å². The molecule has 2 amide bonds. The lowest BCUT2D eigenvalue weighted by atomic mass is 10.0. The predicted molar refractivity (Wildman–Crippen MR) is 164 cm³/mol. The van der Waals surface area contributed by atoms with Crippen molar-refractivity contribution in [2.24, 2.45) is 5.16 Å². The van der Waals surface area contributed by atoms with Crippen LogP contribution in [0.5, 0.6) is 11.5 Å². The zero-order chi connectivity index (χ0) is 33.1. The van der Waals surface area contributed by atoms with Gasteiger partial charge in [0, 0.05) is 34.5 Å². The number of rotatable bonds is 11. The molecule has 2 aliphatic heterocycles. The number of carbonyl (C=O) groups excluding carboxylic acids is 2. The summed E-state index contributed by atoms with van der Waals surface area (Å²) in [5.41, 5.74) is 11.5. The molecule has 1 saturated heterocycles. The van der Waals surface area contributed by atoms with Gasteiger partial charge in [0.25, 0.3) is 11.8 Å². The predicted octanol–water partition coefficient (Wildman–Crippen LogP) is 0.548. The molecule has 2 aliphatic rings. The van der Waals surface area contributed by atoms with Gasteiger partial charge < -0.3 is 42.0 Å². The van der Waals surface area contributed by atoms with Crippen molar-refractivity contribution in [3.8, 4) is 11.5 Å². The van der Waals surface area contributed by atoms with Crippen LogP contribution in [0.4, 0.5) is 10.8 Å². The average Bonchev–Trinajstić information content (AvgIpc) is 3.45. The first kappa shape index (κ1) is 31.8. The van der Waals surface area contributed by atoms with Gasteiger partial charge in [-0.05, 0) is 23.8 Å². The summed E-state index contributed by atoms with van der Waals surface area (Å²) in [4.78, 5) is 61.1. The molecule has 0 spiro atoms. The second kappa shape index (κ2) is 13.2. The van der Waals surface area contributed by atoms with E-state index in [0.29, 0.717) is 17.8 Å². The molecule has 2 unspecified atom stereocenters. The molecule has 46 heavy (non-hydrogen) atoms. The van der Waals surface area contributed by atoms with E-state index in [2.05, 4.69) is 15.5 Å². The van der Waals surface area contributed by atoms with Gasteiger partial charge in [0.15, 0.2) is 41.3 Å². The lowest BCUT2D eigenvalue weighted by Crippen LogP contribution is -2.71. The van der Waals surface area contributed by atoms with Crippen LogP contribution in [-0.2, 0) is 30.6 Å². The number of anilines is 2. The fourth-order valence-electron chi connectivity index (χ4n) is 4.55. The van der Waals surface area contributed by atoms with Crippen molar-refractivity contribution < 1.29 is 49.0 Å². The quantitative estimate of drug-likeness (QED) is 0.0485. The van der Waals surface area contributed by atoms with Crippen LogP contribution in [0.15, 0.2) is 76.7 Å². The molecule has 0 bridgehead atoms. The van der Waals surface area contributed by atoms with Crippen molar-refractivity contribution in [3.63, 3.8) is 0 Å². The molecule has 16 nitrogen and oxygen atoms in total. The van der Waals surface area contributed by atoms with Crippen LogP contribution < -0.4 is 21.4 Å². The highest BCUT2D eigenvalue weighted by Gasteiger charge is 2.54. The zero-order valence-corrected chi connectivity index (χ0v) is 25.1. The molecule has 4 heterocycles. The molecule has 3 atom stereocenters. The summed E-state index contributed by atoms with van der Waals surface area (Å²) >= 11 is 2.21. The fourth-order valence-corrected chi connectivity index (χ4v) is 6.41. The highest BCUT2D eigenvalue weighted by Crippen LogP contribution is 2.40. The number of nitrogens with two attached hydrogens (primary N) is 2. The number of carbonyl (C=O) groups is 4. The van der Waals surface area contributed by atoms with Crippen LogP contribution in [0.2, 0.25) is 0 Å². The molecule has 1 aromatic carbocycles. The van der Waals surface area contributed by atoms with Crippen molar-refractivity contribution >= 4 is 63.4 Å². The highest BCUT2D eigenvalue weighted by molar-refractivity contribution is 8.00. The molecular formula is C28H26N7O9S2+. The van der Waals surface area contributed by atoms with Gasteiger partial charge in [-0.1, -0.05) is 17.3 Å². The van der Waals surface area contributed by atoms with Gasteiger partial charge in [0.2, 0.25) is 6.10 Å². The molecule has 1 fully saturated rings. The van der Waals surface area contributed by atoms with E-state index in [1.165, 1.54) is 23.2 Å². The van der Waals surface area contributed by atoms with E-state index in [4.69, 9.17) is 16.3 Å². The number of β-lactam (4-membered cyclic amide) rings is 1. The standard InChI is InChI=1S/C28H25N7O9S2/c29-15-5-8-34(9-6-15)7-1-2-14-11-45-25-20(24(39)35(25)21(14)26(40)41)32-23(38)19(16-12-46-28(30)31-16)33-44-22(27(42)43)13-3-4-17(36)18(37)10-13/h1-6,8-10,12,20,22,25,29H,7,11H2,(H7,30,31,32,33,36,37,38,40,41,42,43)/p+1/b2-1+/t20?,22?,25-/m1/s1. The minimum Gasteiger partial charge on any atom is -0.504 e. The summed E-state index contributed by atoms with van der Waals surface area (Å²) < 4.78 is 1.83. The third-order valence-electron chi connectivity index (χ3n) is 6.79. The van der Waals surface area contributed by atoms with Crippen LogP contribution >= 0.6 is 23.1 Å². The van der Waals surface area contributed by atoms with E-state index < -0.39 is 58.5 Å². The Hall–Kier alpha value is -5.62. The monoisotopic (exact) mass is 668 g/mol. The van der Waals surface area contributed by atoms with Crippen LogP contribution in [0, 0.1) is 0 Å². The number of hydrogen-bond acceptors (Lipinski definition) is 13. The number of phenols is 2. The Balaban J connectivity index is 1.34. The Kier molecular flexibility index (Phi) is 9.10. The van der Waals surface area contributed by atoms with E-state index in [1.54, 1.807) is 36.7 Å². The Morgan fingerprint density at radius 1 is 1.17 bits per heavy atom. The number of phenolic OH excluding ortho intramolecular Hbond substituents is 2. The Bertz CT molecular complexity index is 1810. The molecule has 9 N–H and O–H groups in total. The van der Waals surface area contributed by atoms with Gasteiger partial charge in [0.1, 0.15) is 22.8 Å². The molecule has 5 rings (SSSR count). The van der Waals surface area contributed by atoms with Crippen LogP contribution in [0.1, 0.15) is 17.4 Å². The maximum absolute atomic E-state index is 13.4. The second-order valence-electron chi connectivity index (χ2n) is 9.85. The topological polar surface area (TPSA) is 255 Å². The lowest BCUT2D eigenvalue weighted by Gasteiger charge is -2.49. The number of thioether (sulfide) groups is 1. The first-order valence-corrected chi connectivity index (χ1v) is 15.2. The fraction of sp³-hybridized carbons (Fsp3) is 0.179. The summed E-state index contributed by atoms with van der Waals surface area (Å²) in [7, 11) is 0. The first-order valence-electron chi connectivity index (χ1n) is 13.3. The van der Waals surface area contributed by atoms with Crippen molar-refractivity contribution in [1.29, 1.82) is 0 Å². The second-order valence-corrected chi connectivity index (χ2v) is 11.8. The van der Waals surface area contributed by atoms with E-state index in [-0.39, 0.29) is 27.8 Å². The number of allylic oxidation sites excluding steroid dienone is 2. The maximum Gasteiger partial charge on any atom is 0.352 e. The highest BCUT2D eigenvalue weighted by atomic mass is 32.2. The van der Waals surface area contributed by atoms with Gasteiger partial charge >= 0.3 is 11.9 Å². The number of nitrogens with zero attached hydrogens (tertiary/aromatic N) is 4. The minimum atomic E-state index is -1.81. The number of carboxylic acid groups (broad SMARTS) is 2. The number of aromatic nitrogens is 2. The van der Waals surface area contributed by atoms with Gasteiger partial charge in [-0.3, -0.25) is 14.5 Å². The van der Waals surface area contributed by atoms with Gasteiger partial charge in [-0.25, -0.2) is 19.1 Å². The number of pyridine rings is 1. The SMILES string of the molecule is Nc1cc[n+](C/C=C/C2=C(C(=O)O)N3C(=O)C(NC(=O)/C(=N\OC(C(=O)O)c4ccc(O)c(O)c4)c4csc(N)n4)[C@H]3SC2)cc1. The summed E-state index contributed by atoms with van der Waals surface area (Å²) in [6.07, 6.45) is 5.12.